The Hall–Kier alpha value is -1.09. The van der Waals surface area contributed by atoms with Gasteiger partial charge in [0, 0.05) is 39.4 Å². The van der Waals surface area contributed by atoms with Crippen LogP contribution in [0.3, 0.4) is 0 Å². The quantitative estimate of drug-likeness (QED) is 0.636. The van der Waals surface area contributed by atoms with Crippen molar-refractivity contribution in [3.05, 3.63) is 31.6 Å². The van der Waals surface area contributed by atoms with Crippen molar-refractivity contribution in [1.29, 1.82) is 0 Å². The molecule has 1 aromatic rings. The van der Waals surface area contributed by atoms with Gasteiger partial charge in [0.05, 0.1) is 11.9 Å². The molecule has 1 radical (unpaired) electrons. The van der Waals surface area contributed by atoms with E-state index in [-0.39, 0.29) is 0 Å². The number of nitrogens with zero attached hydrogens (tertiary/aromatic N) is 3. The molecule has 13 heavy (non-hydrogen) atoms. The van der Waals surface area contributed by atoms with Gasteiger partial charge in [0.15, 0.2) is 0 Å². The molecule has 1 aliphatic heterocycles. The molecular weight excluding hydrogens is 162 g/mol. The number of anilines is 1. The van der Waals surface area contributed by atoms with Crippen molar-refractivity contribution >= 4 is 5.69 Å². The second-order valence-electron chi connectivity index (χ2n) is 3.32. The lowest BCUT2D eigenvalue weighted by Crippen LogP contribution is -2.43. The van der Waals surface area contributed by atoms with E-state index < -0.39 is 0 Å². The van der Waals surface area contributed by atoms with Gasteiger partial charge in [0.1, 0.15) is 0 Å². The lowest BCUT2D eigenvalue weighted by Gasteiger charge is -2.33. The SMILES string of the molecule is [CH2]N1CCN(c2cccnc2)CC1. The first kappa shape index (κ1) is 8.51. The zero-order chi connectivity index (χ0) is 9.10. The predicted molar refractivity (Wildman–Crippen MR) is 53.4 cm³/mol. The van der Waals surface area contributed by atoms with E-state index in [1.807, 2.05) is 12.3 Å². The van der Waals surface area contributed by atoms with Gasteiger partial charge in [-0.3, -0.25) is 9.88 Å². The molecule has 0 atom stereocenters. The number of aromatic nitrogens is 1. The first-order valence-corrected chi connectivity index (χ1v) is 4.57. The summed E-state index contributed by atoms with van der Waals surface area (Å²) in [6.07, 6.45) is 3.72. The second kappa shape index (κ2) is 3.75. The van der Waals surface area contributed by atoms with Gasteiger partial charge in [0.25, 0.3) is 0 Å². The Morgan fingerprint density at radius 1 is 1.23 bits per heavy atom. The standard InChI is InChI=1S/C10H14N3/c1-12-5-7-13(8-6-12)10-3-2-4-11-9-10/h2-4,9H,1,5-8H2. The number of rotatable bonds is 1. The predicted octanol–water partition coefficient (Wildman–Crippen LogP) is 0.995. The highest BCUT2D eigenvalue weighted by molar-refractivity contribution is 5.43. The lowest BCUT2D eigenvalue weighted by atomic mass is 10.3. The largest absolute Gasteiger partial charge is 0.368 e. The maximum Gasteiger partial charge on any atom is 0.0553 e. The Morgan fingerprint density at radius 2 is 2.00 bits per heavy atom. The summed E-state index contributed by atoms with van der Waals surface area (Å²) in [5, 5.41) is 0. The number of pyridine rings is 1. The smallest absolute Gasteiger partial charge is 0.0553 e. The van der Waals surface area contributed by atoms with Gasteiger partial charge in [-0.15, -0.1) is 0 Å². The number of hydrogen-bond acceptors (Lipinski definition) is 3. The second-order valence-corrected chi connectivity index (χ2v) is 3.32. The van der Waals surface area contributed by atoms with Crippen molar-refractivity contribution in [3.63, 3.8) is 0 Å². The third kappa shape index (κ3) is 1.98. The number of piperazine rings is 1. The minimum absolute atomic E-state index is 1.04. The molecule has 69 valence electrons. The van der Waals surface area contributed by atoms with Crippen LogP contribution in [-0.4, -0.2) is 36.1 Å². The summed E-state index contributed by atoms with van der Waals surface area (Å²) in [7, 11) is 3.92. The van der Waals surface area contributed by atoms with Crippen molar-refractivity contribution in [1.82, 2.24) is 9.88 Å². The molecule has 0 aromatic carbocycles. The molecular formula is C10H14N3. The Balaban J connectivity index is 2.03. The topological polar surface area (TPSA) is 19.4 Å². The van der Waals surface area contributed by atoms with E-state index in [1.54, 1.807) is 6.20 Å². The van der Waals surface area contributed by atoms with Gasteiger partial charge < -0.3 is 4.90 Å². The maximum absolute atomic E-state index is 4.11. The zero-order valence-corrected chi connectivity index (χ0v) is 7.69. The maximum atomic E-state index is 4.11. The van der Waals surface area contributed by atoms with E-state index in [1.165, 1.54) is 5.69 Å². The third-order valence-corrected chi connectivity index (χ3v) is 2.38. The molecule has 1 aromatic heterocycles. The van der Waals surface area contributed by atoms with Gasteiger partial charge in [-0.1, -0.05) is 0 Å². The van der Waals surface area contributed by atoms with Crippen LogP contribution >= 0.6 is 0 Å². The summed E-state index contributed by atoms with van der Waals surface area (Å²) in [6.45, 7) is 4.17. The molecule has 2 rings (SSSR count). The first-order chi connectivity index (χ1) is 6.36. The highest BCUT2D eigenvalue weighted by atomic mass is 15.2. The summed E-state index contributed by atoms with van der Waals surface area (Å²) in [5.41, 5.74) is 1.22. The Kier molecular flexibility index (Phi) is 2.45. The summed E-state index contributed by atoms with van der Waals surface area (Å²) < 4.78 is 0. The molecule has 0 amide bonds. The van der Waals surface area contributed by atoms with E-state index in [2.05, 4.69) is 27.9 Å². The highest BCUT2D eigenvalue weighted by Gasteiger charge is 2.13. The van der Waals surface area contributed by atoms with Crippen LogP contribution in [0.2, 0.25) is 0 Å². The van der Waals surface area contributed by atoms with Crippen LogP contribution < -0.4 is 4.90 Å². The van der Waals surface area contributed by atoms with Crippen molar-refractivity contribution in [3.8, 4) is 0 Å². The minimum atomic E-state index is 1.04. The van der Waals surface area contributed by atoms with Crippen molar-refractivity contribution < 1.29 is 0 Å². The molecule has 1 saturated heterocycles. The van der Waals surface area contributed by atoms with Crippen LogP contribution in [-0.2, 0) is 0 Å². The van der Waals surface area contributed by atoms with Gasteiger partial charge >= 0.3 is 0 Å². The zero-order valence-electron chi connectivity index (χ0n) is 7.69. The molecule has 0 unspecified atom stereocenters. The fraction of sp³-hybridized carbons (Fsp3) is 0.400. The Morgan fingerprint density at radius 3 is 2.62 bits per heavy atom. The van der Waals surface area contributed by atoms with Crippen molar-refractivity contribution in [2.24, 2.45) is 0 Å². The van der Waals surface area contributed by atoms with Crippen LogP contribution in [0.5, 0.6) is 0 Å². The van der Waals surface area contributed by atoms with Crippen LogP contribution in [0.1, 0.15) is 0 Å². The third-order valence-electron chi connectivity index (χ3n) is 2.38. The fourth-order valence-corrected chi connectivity index (χ4v) is 1.55. The lowest BCUT2D eigenvalue weighted by molar-refractivity contribution is 0.344. The van der Waals surface area contributed by atoms with Gasteiger partial charge in [-0.25, -0.2) is 0 Å². The van der Waals surface area contributed by atoms with Crippen LogP contribution in [0, 0.1) is 7.05 Å². The Bertz CT molecular complexity index is 252. The average Bonchev–Trinajstić information content (AvgIpc) is 2.20. The summed E-state index contributed by atoms with van der Waals surface area (Å²) in [4.78, 5) is 8.55. The van der Waals surface area contributed by atoms with E-state index in [9.17, 15) is 0 Å². The average molecular weight is 176 g/mol. The molecule has 0 saturated carbocycles. The van der Waals surface area contributed by atoms with Crippen molar-refractivity contribution in [2.45, 2.75) is 0 Å². The molecule has 2 heterocycles. The molecule has 0 bridgehead atoms. The monoisotopic (exact) mass is 176 g/mol. The summed E-state index contributed by atoms with van der Waals surface area (Å²) in [5.74, 6) is 0. The van der Waals surface area contributed by atoms with Crippen LogP contribution in [0.4, 0.5) is 5.69 Å². The summed E-state index contributed by atoms with van der Waals surface area (Å²) in [6, 6.07) is 4.08. The molecule has 3 nitrogen and oxygen atoms in total. The van der Waals surface area contributed by atoms with E-state index in [0.717, 1.165) is 26.2 Å². The Labute approximate surface area is 79.0 Å². The summed E-state index contributed by atoms with van der Waals surface area (Å²) >= 11 is 0. The molecule has 3 heteroatoms. The molecule has 0 spiro atoms. The fourth-order valence-electron chi connectivity index (χ4n) is 1.55. The van der Waals surface area contributed by atoms with Crippen LogP contribution in [0.15, 0.2) is 24.5 Å². The van der Waals surface area contributed by atoms with Crippen LogP contribution in [0.25, 0.3) is 0 Å². The molecule has 1 aliphatic rings. The van der Waals surface area contributed by atoms with E-state index in [4.69, 9.17) is 0 Å². The normalized spacial score (nSPS) is 19.0. The minimum Gasteiger partial charge on any atom is -0.368 e. The van der Waals surface area contributed by atoms with Gasteiger partial charge in [-0.2, -0.15) is 0 Å². The molecule has 1 fully saturated rings. The molecule has 0 N–H and O–H groups in total. The van der Waals surface area contributed by atoms with Gasteiger partial charge in [-0.05, 0) is 12.1 Å². The van der Waals surface area contributed by atoms with Crippen molar-refractivity contribution in [2.75, 3.05) is 31.1 Å². The molecule has 0 aliphatic carbocycles. The van der Waals surface area contributed by atoms with Gasteiger partial charge in [0.2, 0.25) is 0 Å². The first-order valence-electron chi connectivity index (χ1n) is 4.57. The van der Waals surface area contributed by atoms with E-state index in [0.29, 0.717) is 0 Å². The number of hydrogen-bond donors (Lipinski definition) is 0. The van der Waals surface area contributed by atoms with E-state index >= 15 is 0 Å². The highest BCUT2D eigenvalue weighted by Crippen LogP contribution is 2.13.